The number of rotatable bonds is 3. The Bertz CT molecular complexity index is 154. The van der Waals surface area contributed by atoms with Crippen molar-refractivity contribution in [2.45, 2.75) is 25.4 Å². The summed E-state index contributed by atoms with van der Waals surface area (Å²) in [6, 6.07) is 0. The zero-order chi connectivity index (χ0) is 9.07. The summed E-state index contributed by atoms with van der Waals surface area (Å²) in [6.07, 6.45) is -2.05. The monoisotopic (exact) mass is 203 g/mol. The topological polar surface area (TPSA) is 49.3 Å². The van der Waals surface area contributed by atoms with E-state index in [1.807, 2.05) is 0 Å². The van der Waals surface area contributed by atoms with Crippen LogP contribution in [-0.2, 0) is 4.79 Å². The molecule has 12 heavy (non-hydrogen) atoms. The predicted octanol–water partition coefficient (Wildman–Crippen LogP) is 0.560. The van der Waals surface area contributed by atoms with Gasteiger partial charge in [0.25, 0.3) is 5.91 Å². The summed E-state index contributed by atoms with van der Waals surface area (Å²) >= 11 is 0. The maximum absolute atomic E-state index is 12.5. The van der Waals surface area contributed by atoms with Crippen LogP contribution in [0.5, 0.6) is 0 Å². The van der Waals surface area contributed by atoms with E-state index in [4.69, 9.17) is 5.11 Å². The Morgan fingerprint density at radius 2 is 2.08 bits per heavy atom. The molecule has 0 rings (SSSR count). The lowest BCUT2D eigenvalue weighted by atomic mass is 10.1. The number of carbonyl (C=O) groups is 1. The quantitative estimate of drug-likeness (QED) is 0.704. The van der Waals surface area contributed by atoms with Crippen LogP contribution in [0, 0.1) is 0 Å². The van der Waals surface area contributed by atoms with Gasteiger partial charge >= 0.3 is 5.92 Å². The van der Waals surface area contributed by atoms with Crippen molar-refractivity contribution >= 4 is 18.3 Å². The standard InChI is InChI=1S/C6H11F2NO2.ClH/c1-3-4(10)6(7,8)5(11)9-2;/h4,10H,3H2,1-2H3,(H,9,11);1H. The molecule has 0 aliphatic carbocycles. The van der Waals surface area contributed by atoms with Crippen LogP contribution in [0.25, 0.3) is 0 Å². The van der Waals surface area contributed by atoms with Crippen LogP contribution >= 0.6 is 12.4 Å². The van der Waals surface area contributed by atoms with E-state index in [1.54, 1.807) is 5.32 Å². The molecule has 0 aromatic carbocycles. The van der Waals surface area contributed by atoms with Gasteiger partial charge in [-0.2, -0.15) is 8.78 Å². The van der Waals surface area contributed by atoms with Crippen LogP contribution in [-0.4, -0.2) is 30.1 Å². The molecule has 2 N–H and O–H groups in total. The van der Waals surface area contributed by atoms with Gasteiger partial charge in [-0.25, -0.2) is 0 Å². The van der Waals surface area contributed by atoms with Crippen molar-refractivity contribution in [2.24, 2.45) is 0 Å². The number of amides is 1. The van der Waals surface area contributed by atoms with Gasteiger partial charge in [-0.15, -0.1) is 12.4 Å². The molecule has 0 fully saturated rings. The van der Waals surface area contributed by atoms with Crippen LogP contribution < -0.4 is 5.32 Å². The molecule has 0 aliphatic rings. The molecular weight excluding hydrogens is 192 g/mol. The van der Waals surface area contributed by atoms with Gasteiger partial charge in [0.05, 0.1) is 0 Å². The fraction of sp³-hybridized carbons (Fsp3) is 0.833. The van der Waals surface area contributed by atoms with E-state index < -0.39 is 17.9 Å². The number of nitrogens with one attached hydrogen (secondary N) is 1. The number of halogens is 3. The normalized spacial score (nSPS) is 13.1. The maximum Gasteiger partial charge on any atom is 0.349 e. The van der Waals surface area contributed by atoms with Crippen LogP contribution in [0.1, 0.15) is 13.3 Å². The van der Waals surface area contributed by atoms with Gasteiger partial charge < -0.3 is 10.4 Å². The minimum absolute atomic E-state index is 0. The van der Waals surface area contributed by atoms with Crippen molar-refractivity contribution in [2.75, 3.05) is 7.05 Å². The van der Waals surface area contributed by atoms with Crippen molar-refractivity contribution < 1.29 is 18.7 Å². The number of carbonyl (C=O) groups excluding carboxylic acids is 1. The summed E-state index contributed by atoms with van der Waals surface area (Å²) in [4.78, 5) is 10.4. The molecule has 1 amide bonds. The lowest BCUT2D eigenvalue weighted by molar-refractivity contribution is -0.162. The first-order valence-corrected chi connectivity index (χ1v) is 3.24. The number of aliphatic hydroxyl groups excluding tert-OH is 1. The van der Waals surface area contributed by atoms with Gasteiger partial charge in [-0.1, -0.05) is 6.92 Å². The van der Waals surface area contributed by atoms with Gasteiger partial charge in [-0.3, -0.25) is 4.79 Å². The Hall–Kier alpha value is -0.420. The van der Waals surface area contributed by atoms with E-state index in [0.29, 0.717) is 0 Å². The first kappa shape index (κ1) is 14.1. The van der Waals surface area contributed by atoms with Gasteiger partial charge in [-0.05, 0) is 6.42 Å². The summed E-state index contributed by atoms with van der Waals surface area (Å²) in [5, 5.41) is 10.4. The molecule has 0 saturated heterocycles. The average Bonchev–Trinajstić information content (AvgIpc) is 2.01. The Labute approximate surface area is 75.6 Å². The highest BCUT2D eigenvalue weighted by Gasteiger charge is 2.44. The van der Waals surface area contributed by atoms with Crippen LogP contribution in [0.15, 0.2) is 0 Å². The molecule has 3 nitrogen and oxygen atoms in total. The lowest BCUT2D eigenvalue weighted by Crippen LogP contribution is -2.46. The van der Waals surface area contributed by atoms with Crippen LogP contribution in [0.2, 0.25) is 0 Å². The highest BCUT2D eigenvalue weighted by molar-refractivity contribution is 5.85. The predicted molar refractivity (Wildman–Crippen MR) is 42.6 cm³/mol. The molecule has 0 saturated carbocycles. The number of aliphatic hydroxyl groups is 1. The second-order valence-corrected chi connectivity index (χ2v) is 2.13. The third kappa shape index (κ3) is 2.91. The minimum Gasteiger partial charge on any atom is -0.386 e. The molecule has 1 atom stereocenters. The summed E-state index contributed by atoms with van der Waals surface area (Å²) in [6.45, 7) is 1.38. The molecule has 0 aromatic heterocycles. The van der Waals surface area contributed by atoms with Crippen molar-refractivity contribution in [3.05, 3.63) is 0 Å². The molecular formula is C6H12ClF2NO2. The molecule has 0 aliphatic heterocycles. The summed E-state index contributed by atoms with van der Waals surface area (Å²) in [7, 11) is 1.10. The summed E-state index contributed by atoms with van der Waals surface area (Å²) < 4.78 is 25.1. The second kappa shape index (κ2) is 5.27. The van der Waals surface area contributed by atoms with Crippen molar-refractivity contribution in [1.29, 1.82) is 0 Å². The number of hydrogen-bond donors (Lipinski definition) is 2. The van der Waals surface area contributed by atoms with Gasteiger partial charge in [0.15, 0.2) is 0 Å². The Balaban J connectivity index is 0. The largest absolute Gasteiger partial charge is 0.386 e. The van der Waals surface area contributed by atoms with E-state index in [0.717, 1.165) is 7.05 Å². The fourth-order valence-corrected chi connectivity index (χ4v) is 0.574. The van der Waals surface area contributed by atoms with E-state index in [2.05, 4.69) is 0 Å². The third-order valence-corrected chi connectivity index (χ3v) is 1.34. The molecule has 0 bridgehead atoms. The van der Waals surface area contributed by atoms with E-state index >= 15 is 0 Å². The molecule has 74 valence electrons. The fourth-order valence-electron chi connectivity index (χ4n) is 0.574. The maximum atomic E-state index is 12.5. The highest BCUT2D eigenvalue weighted by Crippen LogP contribution is 2.20. The molecule has 0 aromatic rings. The van der Waals surface area contributed by atoms with Gasteiger partial charge in [0, 0.05) is 7.05 Å². The lowest BCUT2D eigenvalue weighted by Gasteiger charge is -2.18. The van der Waals surface area contributed by atoms with E-state index in [1.165, 1.54) is 6.92 Å². The summed E-state index contributed by atoms with van der Waals surface area (Å²) in [5.74, 6) is -5.13. The molecule has 0 heterocycles. The third-order valence-electron chi connectivity index (χ3n) is 1.34. The Morgan fingerprint density at radius 3 is 2.33 bits per heavy atom. The number of alkyl halides is 2. The SMILES string of the molecule is CCC(O)C(F)(F)C(=O)NC.Cl. The zero-order valence-electron chi connectivity index (χ0n) is 6.80. The first-order chi connectivity index (χ1) is 4.96. The van der Waals surface area contributed by atoms with E-state index in [-0.39, 0.29) is 18.8 Å². The van der Waals surface area contributed by atoms with Crippen LogP contribution in [0.3, 0.4) is 0 Å². The Morgan fingerprint density at radius 1 is 1.67 bits per heavy atom. The average molecular weight is 204 g/mol. The zero-order valence-corrected chi connectivity index (χ0v) is 7.62. The van der Waals surface area contributed by atoms with Gasteiger partial charge in [0.2, 0.25) is 0 Å². The molecule has 0 spiro atoms. The van der Waals surface area contributed by atoms with E-state index in [9.17, 15) is 13.6 Å². The second-order valence-electron chi connectivity index (χ2n) is 2.13. The van der Waals surface area contributed by atoms with Crippen molar-refractivity contribution in [1.82, 2.24) is 5.32 Å². The minimum atomic E-state index is -3.68. The Kier molecular flexibility index (Phi) is 6.20. The van der Waals surface area contributed by atoms with Crippen molar-refractivity contribution in [3.8, 4) is 0 Å². The first-order valence-electron chi connectivity index (χ1n) is 3.24. The summed E-state index contributed by atoms with van der Waals surface area (Å²) in [5.41, 5.74) is 0. The number of hydrogen-bond acceptors (Lipinski definition) is 2. The molecule has 0 radical (unpaired) electrons. The molecule has 1 unspecified atom stereocenters. The van der Waals surface area contributed by atoms with Crippen molar-refractivity contribution in [3.63, 3.8) is 0 Å². The molecule has 6 heteroatoms. The smallest absolute Gasteiger partial charge is 0.349 e. The highest BCUT2D eigenvalue weighted by atomic mass is 35.5. The van der Waals surface area contributed by atoms with Crippen LogP contribution in [0.4, 0.5) is 8.78 Å². The van der Waals surface area contributed by atoms with Gasteiger partial charge in [0.1, 0.15) is 6.10 Å².